The zero-order valence-corrected chi connectivity index (χ0v) is 25.2. The molecule has 0 N–H and O–H groups in total. The zero-order valence-electron chi connectivity index (χ0n) is 24.4. The third kappa shape index (κ3) is 7.47. The van der Waals surface area contributed by atoms with Crippen molar-refractivity contribution in [2.75, 3.05) is 67.1 Å². The molecule has 2 fully saturated rings. The highest BCUT2D eigenvalue weighted by atomic mass is 32.2. The van der Waals surface area contributed by atoms with Crippen molar-refractivity contribution < 1.29 is 22.7 Å². The topological polar surface area (TPSA) is 82.6 Å². The van der Waals surface area contributed by atoms with Crippen molar-refractivity contribution in [1.29, 1.82) is 0 Å². The van der Waals surface area contributed by atoms with Gasteiger partial charge in [-0.2, -0.15) is 4.31 Å². The number of sulfonamides is 1. The van der Waals surface area contributed by atoms with E-state index in [2.05, 4.69) is 23.6 Å². The molecular weight excluding hydrogens is 504 g/mol. The Morgan fingerprint density at radius 3 is 2.13 bits per heavy atom. The molecule has 9 nitrogen and oxygen atoms in total. The van der Waals surface area contributed by atoms with Gasteiger partial charge in [0.25, 0.3) is 0 Å². The minimum Gasteiger partial charge on any atom is -0.497 e. The van der Waals surface area contributed by atoms with Crippen LogP contribution in [0.4, 0.5) is 0 Å². The Morgan fingerprint density at radius 2 is 1.61 bits per heavy atom. The van der Waals surface area contributed by atoms with Crippen LogP contribution in [0, 0.1) is 13.8 Å². The molecule has 0 spiro atoms. The highest BCUT2D eigenvalue weighted by Crippen LogP contribution is 2.28. The number of methoxy groups -OCH3 is 1. The molecule has 1 heterocycles. The van der Waals surface area contributed by atoms with E-state index in [4.69, 9.17) is 9.47 Å². The number of carbonyl (C=O) groups excluding carboxylic acids is 1. The van der Waals surface area contributed by atoms with Gasteiger partial charge in [-0.25, -0.2) is 8.42 Å². The molecule has 1 saturated carbocycles. The maximum atomic E-state index is 13.2. The number of nitrogens with zero attached hydrogens (tertiary/aromatic N) is 4. The molecule has 0 radical (unpaired) electrons. The summed E-state index contributed by atoms with van der Waals surface area (Å²) in [5, 5.41) is 0. The van der Waals surface area contributed by atoms with Gasteiger partial charge in [-0.1, -0.05) is 0 Å². The molecule has 2 aliphatic rings. The van der Waals surface area contributed by atoms with Crippen molar-refractivity contribution in [3.8, 4) is 5.75 Å². The Morgan fingerprint density at radius 1 is 1.03 bits per heavy atom. The van der Waals surface area contributed by atoms with Gasteiger partial charge in [0.15, 0.2) is 0 Å². The SMILES string of the molecule is COc1cc(C)c(S(=O)(=O)N(C)CCOCC(=O)N(C)C2CCC(N3CCN(C(C)C)CC3)CC2)c(C)c1. The first-order valence-corrected chi connectivity index (χ1v) is 15.3. The number of hydrogen-bond acceptors (Lipinski definition) is 7. The van der Waals surface area contributed by atoms with Crippen molar-refractivity contribution in [2.24, 2.45) is 0 Å². The smallest absolute Gasteiger partial charge is 0.248 e. The lowest BCUT2D eigenvalue weighted by Gasteiger charge is -2.44. The van der Waals surface area contributed by atoms with E-state index in [-0.39, 0.29) is 36.6 Å². The van der Waals surface area contributed by atoms with Gasteiger partial charge in [-0.3, -0.25) is 14.6 Å². The van der Waals surface area contributed by atoms with Gasteiger partial charge < -0.3 is 14.4 Å². The van der Waals surface area contributed by atoms with Crippen molar-refractivity contribution in [1.82, 2.24) is 19.0 Å². The fourth-order valence-electron chi connectivity index (χ4n) is 5.80. The summed E-state index contributed by atoms with van der Waals surface area (Å²) in [5.41, 5.74) is 1.28. The van der Waals surface area contributed by atoms with Crippen LogP contribution in [0.5, 0.6) is 5.75 Å². The summed E-state index contributed by atoms with van der Waals surface area (Å²) in [7, 11) is 1.28. The molecule has 3 rings (SSSR count). The summed E-state index contributed by atoms with van der Waals surface area (Å²) in [6.07, 6.45) is 4.27. The normalized spacial score (nSPS) is 21.7. The lowest BCUT2D eigenvalue weighted by molar-refractivity contribution is -0.137. The second-order valence-electron chi connectivity index (χ2n) is 11.1. The van der Waals surface area contributed by atoms with Gasteiger partial charge in [0.05, 0.1) is 18.6 Å². The third-order valence-electron chi connectivity index (χ3n) is 8.32. The summed E-state index contributed by atoms with van der Waals surface area (Å²) >= 11 is 0. The number of amides is 1. The molecule has 38 heavy (non-hydrogen) atoms. The summed E-state index contributed by atoms with van der Waals surface area (Å²) in [4.78, 5) is 20.1. The fraction of sp³-hybridized carbons (Fsp3) is 0.750. The lowest BCUT2D eigenvalue weighted by Crippen LogP contribution is -2.53. The van der Waals surface area contributed by atoms with Gasteiger partial charge in [0, 0.05) is 64.9 Å². The number of ether oxygens (including phenoxy) is 2. The molecule has 10 heteroatoms. The van der Waals surface area contributed by atoms with Gasteiger partial charge in [0.1, 0.15) is 12.4 Å². The number of hydrogen-bond donors (Lipinski definition) is 0. The second kappa shape index (κ2) is 13.6. The molecule has 0 bridgehead atoms. The van der Waals surface area contributed by atoms with Crippen molar-refractivity contribution in [2.45, 2.75) is 76.4 Å². The molecule has 1 saturated heterocycles. The van der Waals surface area contributed by atoms with E-state index in [1.807, 2.05) is 11.9 Å². The maximum Gasteiger partial charge on any atom is 0.248 e. The molecular formula is C28H48N4O5S. The van der Waals surface area contributed by atoms with Gasteiger partial charge in [-0.15, -0.1) is 0 Å². The minimum atomic E-state index is -3.69. The molecule has 1 aromatic carbocycles. The molecule has 1 amide bonds. The van der Waals surface area contributed by atoms with E-state index >= 15 is 0 Å². The lowest BCUT2D eigenvalue weighted by atomic mass is 9.89. The maximum absolute atomic E-state index is 13.2. The number of likely N-dealkylation sites (N-methyl/N-ethyl adjacent to an activating group) is 2. The molecule has 1 aliphatic carbocycles. The van der Waals surface area contributed by atoms with E-state index < -0.39 is 10.0 Å². The van der Waals surface area contributed by atoms with Crippen LogP contribution in [0.2, 0.25) is 0 Å². The predicted molar refractivity (Wildman–Crippen MR) is 150 cm³/mol. The Labute approximate surface area is 230 Å². The second-order valence-corrected chi connectivity index (χ2v) is 13.1. The molecule has 1 aromatic rings. The van der Waals surface area contributed by atoms with Gasteiger partial charge >= 0.3 is 0 Å². The average Bonchev–Trinajstić information content (AvgIpc) is 2.89. The monoisotopic (exact) mass is 552 g/mol. The van der Waals surface area contributed by atoms with E-state index in [1.165, 1.54) is 11.4 Å². The van der Waals surface area contributed by atoms with Crippen LogP contribution >= 0.6 is 0 Å². The van der Waals surface area contributed by atoms with Crippen LogP contribution in [0.25, 0.3) is 0 Å². The highest BCUT2D eigenvalue weighted by Gasteiger charge is 2.31. The molecule has 216 valence electrons. The first kappa shape index (κ1) is 30.8. The Bertz CT molecular complexity index is 1010. The van der Waals surface area contributed by atoms with Crippen LogP contribution in [0.1, 0.15) is 50.7 Å². The average molecular weight is 553 g/mol. The first-order chi connectivity index (χ1) is 17.9. The van der Waals surface area contributed by atoms with Gasteiger partial charge in [0.2, 0.25) is 15.9 Å². The summed E-state index contributed by atoms with van der Waals surface area (Å²) < 4.78 is 38.5. The number of rotatable bonds is 11. The Balaban J connectivity index is 1.40. The van der Waals surface area contributed by atoms with Crippen LogP contribution in [0.3, 0.4) is 0 Å². The minimum absolute atomic E-state index is 0.0396. The molecule has 0 aromatic heterocycles. The van der Waals surface area contributed by atoms with Crippen LogP contribution < -0.4 is 4.74 Å². The third-order valence-corrected chi connectivity index (χ3v) is 10.5. The molecule has 0 unspecified atom stereocenters. The standard InChI is InChI=1S/C28H48N4O5S/c1-21(2)31-12-14-32(15-13-31)25-10-8-24(9-11-25)30(6)27(33)20-37-17-16-29(5)38(34,35)28-22(3)18-26(36-7)19-23(28)4/h18-19,21,24-25H,8-17,20H2,1-7H3. The van der Waals surface area contributed by atoms with Crippen LogP contribution in [-0.2, 0) is 19.6 Å². The quantitative estimate of drug-likeness (QED) is 0.391. The summed E-state index contributed by atoms with van der Waals surface area (Å²) in [6, 6.07) is 4.92. The van der Waals surface area contributed by atoms with Gasteiger partial charge in [-0.05, 0) is 76.6 Å². The molecule has 0 atom stereocenters. The number of piperazine rings is 1. The Kier molecular flexibility index (Phi) is 11.0. The predicted octanol–water partition coefficient (Wildman–Crippen LogP) is 2.74. The number of benzene rings is 1. The first-order valence-electron chi connectivity index (χ1n) is 13.9. The summed E-state index contributed by atoms with van der Waals surface area (Å²) in [6.45, 7) is 12.9. The largest absolute Gasteiger partial charge is 0.497 e. The Hall–Kier alpha value is -1.72. The van der Waals surface area contributed by atoms with E-state index in [9.17, 15) is 13.2 Å². The summed E-state index contributed by atoms with van der Waals surface area (Å²) in [5.74, 6) is 0.580. The highest BCUT2D eigenvalue weighted by molar-refractivity contribution is 7.89. The van der Waals surface area contributed by atoms with Crippen molar-refractivity contribution >= 4 is 15.9 Å². The zero-order chi connectivity index (χ0) is 28.0. The fourth-order valence-corrected chi connectivity index (χ4v) is 7.36. The number of carbonyl (C=O) groups is 1. The van der Waals surface area contributed by atoms with E-state index in [1.54, 1.807) is 33.1 Å². The van der Waals surface area contributed by atoms with Crippen molar-refractivity contribution in [3.05, 3.63) is 23.3 Å². The van der Waals surface area contributed by atoms with E-state index in [0.29, 0.717) is 29.0 Å². The number of aryl methyl sites for hydroxylation is 2. The van der Waals surface area contributed by atoms with Crippen LogP contribution in [-0.4, -0.2) is 119 Å². The van der Waals surface area contributed by atoms with Crippen molar-refractivity contribution in [3.63, 3.8) is 0 Å². The van der Waals surface area contributed by atoms with E-state index in [0.717, 1.165) is 51.9 Å². The van der Waals surface area contributed by atoms with Crippen LogP contribution in [0.15, 0.2) is 17.0 Å². The molecule has 1 aliphatic heterocycles.